The van der Waals surface area contributed by atoms with Gasteiger partial charge in [0.1, 0.15) is 5.82 Å². The lowest BCUT2D eigenvalue weighted by atomic mass is 9.89. The molecule has 9 heteroatoms. The number of nitrogen functional groups attached to an aromatic ring is 1. The maximum absolute atomic E-state index is 15.5. The number of aryl methyl sites for hydroxylation is 1. The number of pyridine rings is 1. The zero-order valence-corrected chi connectivity index (χ0v) is 15.6. The maximum atomic E-state index is 15.5. The van der Waals surface area contributed by atoms with E-state index in [1.807, 2.05) is 0 Å². The van der Waals surface area contributed by atoms with Gasteiger partial charge >= 0.3 is 0 Å². The van der Waals surface area contributed by atoms with E-state index < -0.39 is 23.9 Å². The van der Waals surface area contributed by atoms with Crippen LogP contribution in [0, 0.1) is 12.7 Å². The van der Waals surface area contributed by atoms with E-state index in [9.17, 15) is 9.18 Å². The van der Waals surface area contributed by atoms with Gasteiger partial charge in [-0.15, -0.1) is 0 Å². The lowest BCUT2D eigenvalue weighted by molar-refractivity contribution is 0.0872. The van der Waals surface area contributed by atoms with E-state index in [-0.39, 0.29) is 17.2 Å². The molecule has 0 saturated heterocycles. The standard InChI is InChI=1S/C20H17F2N5O2/c1-9-15-18(27-20(23)24-9)16(22)17(26-19(15)28)11-7-6-10(21)8-12(11)13-4-3-5-14(25-13)29-2/h3-8,16-17H,1-2H3,(H,26,28)(H2,23,24,27)/t16?,17-/m0/s1. The topological polar surface area (TPSA) is 103 Å². The predicted octanol–water partition coefficient (Wildman–Crippen LogP) is 3.07. The van der Waals surface area contributed by atoms with Crippen LogP contribution >= 0.6 is 0 Å². The number of halogens is 2. The van der Waals surface area contributed by atoms with Crippen molar-refractivity contribution in [3.05, 3.63) is 64.7 Å². The minimum Gasteiger partial charge on any atom is -0.481 e. The molecule has 3 N–H and O–H groups in total. The van der Waals surface area contributed by atoms with Crippen LogP contribution in [0.4, 0.5) is 14.7 Å². The van der Waals surface area contributed by atoms with Crippen molar-refractivity contribution >= 4 is 11.9 Å². The Morgan fingerprint density at radius 1 is 1.17 bits per heavy atom. The summed E-state index contributed by atoms with van der Waals surface area (Å²) >= 11 is 0. The highest BCUT2D eigenvalue weighted by Gasteiger charge is 2.39. The first-order chi connectivity index (χ1) is 13.9. The SMILES string of the molecule is COc1cccc(-c2cc(F)ccc2[C@@H]2NC(=O)c3c(C)nc(N)nc3C2F)n1. The summed E-state index contributed by atoms with van der Waals surface area (Å²) in [5.41, 5.74) is 6.99. The van der Waals surface area contributed by atoms with Crippen LogP contribution in [0.2, 0.25) is 0 Å². The third-order valence-corrected chi connectivity index (χ3v) is 4.76. The number of aromatic nitrogens is 3. The van der Waals surface area contributed by atoms with Crippen molar-refractivity contribution in [2.75, 3.05) is 12.8 Å². The van der Waals surface area contributed by atoms with Crippen molar-refractivity contribution in [3.63, 3.8) is 0 Å². The Kier molecular flexibility index (Phi) is 4.57. The molecule has 3 heterocycles. The molecule has 1 amide bonds. The van der Waals surface area contributed by atoms with Crippen molar-refractivity contribution in [3.8, 4) is 17.1 Å². The number of fused-ring (bicyclic) bond motifs is 1. The van der Waals surface area contributed by atoms with Gasteiger partial charge in [-0.1, -0.05) is 12.1 Å². The fourth-order valence-electron chi connectivity index (χ4n) is 3.48. The van der Waals surface area contributed by atoms with Crippen molar-refractivity contribution in [1.29, 1.82) is 0 Å². The highest BCUT2D eigenvalue weighted by Crippen LogP contribution is 2.41. The predicted molar refractivity (Wildman–Crippen MR) is 101 cm³/mol. The molecule has 1 unspecified atom stereocenters. The first-order valence-corrected chi connectivity index (χ1v) is 8.79. The number of methoxy groups -OCH3 is 1. The van der Waals surface area contributed by atoms with Crippen molar-refractivity contribution in [2.45, 2.75) is 19.1 Å². The number of nitrogens with two attached hydrogens (primary N) is 1. The van der Waals surface area contributed by atoms with E-state index in [4.69, 9.17) is 10.5 Å². The second kappa shape index (κ2) is 7.08. The number of hydrogen-bond donors (Lipinski definition) is 2. The lowest BCUT2D eigenvalue weighted by Gasteiger charge is -2.30. The van der Waals surface area contributed by atoms with Crippen LogP contribution in [-0.4, -0.2) is 28.0 Å². The quantitative estimate of drug-likeness (QED) is 0.704. The summed E-state index contributed by atoms with van der Waals surface area (Å²) in [6, 6.07) is 7.74. The maximum Gasteiger partial charge on any atom is 0.255 e. The fourth-order valence-corrected chi connectivity index (χ4v) is 3.48. The number of hydrogen-bond acceptors (Lipinski definition) is 6. The van der Waals surface area contributed by atoms with Crippen molar-refractivity contribution in [2.24, 2.45) is 0 Å². The average Bonchev–Trinajstić information content (AvgIpc) is 2.70. The molecule has 1 aliphatic heterocycles. The highest BCUT2D eigenvalue weighted by atomic mass is 19.1. The number of alkyl halides is 1. The summed E-state index contributed by atoms with van der Waals surface area (Å²) in [6.07, 6.45) is -1.71. The Balaban J connectivity index is 1.86. The Hall–Kier alpha value is -3.62. The Morgan fingerprint density at radius 3 is 2.72 bits per heavy atom. The minimum atomic E-state index is -1.71. The molecule has 2 aromatic heterocycles. The molecule has 0 saturated carbocycles. The molecule has 148 valence electrons. The second-order valence-electron chi connectivity index (χ2n) is 6.58. The second-order valence-corrected chi connectivity index (χ2v) is 6.58. The normalized spacial score (nSPS) is 18.1. The molecule has 0 radical (unpaired) electrons. The molecule has 7 nitrogen and oxygen atoms in total. The van der Waals surface area contributed by atoms with Crippen molar-refractivity contribution in [1.82, 2.24) is 20.3 Å². The van der Waals surface area contributed by atoms with Crippen LogP contribution in [0.5, 0.6) is 5.88 Å². The lowest BCUT2D eigenvalue weighted by Crippen LogP contribution is -2.39. The van der Waals surface area contributed by atoms with Gasteiger partial charge in [-0.3, -0.25) is 4.79 Å². The number of nitrogens with one attached hydrogen (secondary N) is 1. The fraction of sp³-hybridized carbons (Fsp3) is 0.200. The van der Waals surface area contributed by atoms with Crippen LogP contribution in [0.25, 0.3) is 11.3 Å². The molecule has 29 heavy (non-hydrogen) atoms. The van der Waals surface area contributed by atoms with Gasteiger partial charge in [-0.05, 0) is 30.7 Å². The van der Waals surface area contributed by atoms with Gasteiger partial charge in [-0.2, -0.15) is 0 Å². The number of carbonyl (C=O) groups excluding carboxylic acids is 1. The molecule has 3 aromatic rings. The van der Waals surface area contributed by atoms with E-state index >= 15 is 4.39 Å². The summed E-state index contributed by atoms with van der Waals surface area (Å²) in [4.78, 5) is 24.8. The summed E-state index contributed by atoms with van der Waals surface area (Å²) in [5, 5.41) is 2.64. The number of anilines is 1. The van der Waals surface area contributed by atoms with E-state index in [2.05, 4.69) is 20.3 Å². The van der Waals surface area contributed by atoms with Crippen LogP contribution < -0.4 is 15.8 Å². The summed E-state index contributed by atoms with van der Waals surface area (Å²) in [5.74, 6) is -0.839. The van der Waals surface area contributed by atoms with Gasteiger partial charge in [0, 0.05) is 11.6 Å². The Labute approximate surface area is 165 Å². The smallest absolute Gasteiger partial charge is 0.255 e. The Bertz CT molecular complexity index is 1120. The molecule has 0 fully saturated rings. The Morgan fingerprint density at radius 2 is 1.97 bits per heavy atom. The van der Waals surface area contributed by atoms with Crippen LogP contribution in [0.15, 0.2) is 36.4 Å². The monoisotopic (exact) mass is 397 g/mol. The van der Waals surface area contributed by atoms with Gasteiger partial charge in [0.2, 0.25) is 11.8 Å². The molecular weight excluding hydrogens is 380 g/mol. The van der Waals surface area contributed by atoms with E-state index in [1.165, 1.54) is 25.3 Å². The first kappa shape index (κ1) is 18.7. The summed E-state index contributed by atoms with van der Waals surface area (Å²) in [7, 11) is 1.46. The number of ether oxygens (including phenoxy) is 1. The van der Waals surface area contributed by atoms with Gasteiger partial charge in [0.25, 0.3) is 5.91 Å². The third kappa shape index (κ3) is 3.24. The van der Waals surface area contributed by atoms with E-state index in [0.29, 0.717) is 28.4 Å². The number of rotatable bonds is 3. The summed E-state index contributed by atoms with van der Waals surface area (Å²) in [6.45, 7) is 1.56. The number of amides is 1. The van der Waals surface area contributed by atoms with Gasteiger partial charge in [0.05, 0.1) is 35.8 Å². The van der Waals surface area contributed by atoms with Crippen molar-refractivity contribution < 1.29 is 18.3 Å². The van der Waals surface area contributed by atoms with Gasteiger partial charge in [-0.25, -0.2) is 23.7 Å². The zero-order chi connectivity index (χ0) is 20.7. The molecular formula is C20H17F2N5O2. The molecule has 0 aliphatic carbocycles. The van der Waals surface area contributed by atoms with E-state index in [1.54, 1.807) is 25.1 Å². The molecule has 1 aliphatic rings. The van der Waals surface area contributed by atoms with Crippen LogP contribution in [-0.2, 0) is 0 Å². The molecule has 2 atom stereocenters. The summed E-state index contributed by atoms with van der Waals surface area (Å²) < 4.78 is 34.6. The average molecular weight is 397 g/mol. The molecule has 4 rings (SSSR count). The van der Waals surface area contributed by atoms with Crippen LogP contribution in [0.1, 0.15) is 39.5 Å². The number of carbonyl (C=O) groups is 1. The van der Waals surface area contributed by atoms with Gasteiger partial charge < -0.3 is 15.8 Å². The first-order valence-electron chi connectivity index (χ1n) is 8.79. The largest absolute Gasteiger partial charge is 0.481 e. The minimum absolute atomic E-state index is 0.0612. The number of nitrogens with zero attached hydrogens (tertiary/aromatic N) is 3. The van der Waals surface area contributed by atoms with Crippen LogP contribution in [0.3, 0.4) is 0 Å². The molecule has 0 bridgehead atoms. The third-order valence-electron chi connectivity index (χ3n) is 4.76. The molecule has 0 spiro atoms. The molecule has 1 aromatic carbocycles. The van der Waals surface area contributed by atoms with Gasteiger partial charge in [0.15, 0.2) is 6.17 Å². The number of benzene rings is 1. The van der Waals surface area contributed by atoms with E-state index in [0.717, 1.165) is 0 Å². The highest BCUT2D eigenvalue weighted by molar-refractivity contribution is 5.98. The zero-order valence-electron chi connectivity index (χ0n) is 15.6.